The molecule has 1 aromatic carbocycles. The van der Waals surface area contributed by atoms with Crippen molar-refractivity contribution in [2.24, 2.45) is 0 Å². The molecule has 0 heterocycles. The molecule has 0 aliphatic rings. The summed E-state index contributed by atoms with van der Waals surface area (Å²) >= 11 is 0. The highest BCUT2D eigenvalue weighted by molar-refractivity contribution is 5.91. The Balaban J connectivity index is 2.61. The highest BCUT2D eigenvalue weighted by Gasteiger charge is 2.12. The van der Waals surface area contributed by atoms with Gasteiger partial charge in [-0.25, -0.2) is 0 Å². The van der Waals surface area contributed by atoms with E-state index < -0.39 is 0 Å². The highest BCUT2D eigenvalue weighted by Crippen LogP contribution is 2.38. The predicted octanol–water partition coefficient (Wildman–Crippen LogP) is 2.66. The van der Waals surface area contributed by atoms with Gasteiger partial charge in [-0.05, 0) is 44.0 Å². The van der Waals surface area contributed by atoms with Gasteiger partial charge in [-0.2, -0.15) is 0 Å². The molecule has 0 bridgehead atoms. The summed E-state index contributed by atoms with van der Waals surface area (Å²) in [4.78, 5) is 11.8. The molecule has 0 saturated heterocycles. The maximum atomic E-state index is 11.8. The van der Waals surface area contributed by atoms with Crippen LogP contribution in [0.25, 0.3) is 6.08 Å². The van der Waals surface area contributed by atoms with Crippen LogP contribution in [0.2, 0.25) is 0 Å². The van der Waals surface area contributed by atoms with Crippen LogP contribution in [-0.4, -0.2) is 46.5 Å². The third-order valence-electron chi connectivity index (χ3n) is 3.19. The van der Waals surface area contributed by atoms with Gasteiger partial charge in [0.05, 0.1) is 27.4 Å². The van der Waals surface area contributed by atoms with Gasteiger partial charge in [0.15, 0.2) is 11.5 Å². The van der Waals surface area contributed by atoms with Crippen molar-refractivity contribution in [2.75, 3.05) is 34.5 Å². The smallest absolute Gasteiger partial charge is 0.244 e. The Bertz CT molecular complexity index is 529. The Morgan fingerprint density at radius 3 is 2.25 bits per heavy atom. The average molecular weight is 337 g/mol. The molecule has 6 heteroatoms. The number of amides is 1. The molecule has 0 spiro atoms. The third kappa shape index (κ3) is 6.50. The Labute approximate surface area is 143 Å². The van der Waals surface area contributed by atoms with E-state index in [0.717, 1.165) is 12.0 Å². The zero-order valence-electron chi connectivity index (χ0n) is 15.0. The van der Waals surface area contributed by atoms with Crippen LogP contribution in [0, 0.1) is 0 Å². The first-order valence-electron chi connectivity index (χ1n) is 7.89. The van der Waals surface area contributed by atoms with E-state index in [-0.39, 0.29) is 12.0 Å². The van der Waals surface area contributed by atoms with Crippen molar-refractivity contribution in [1.29, 1.82) is 0 Å². The number of carbonyl (C=O) groups is 1. The van der Waals surface area contributed by atoms with Crippen LogP contribution in [0.4, 0.5) is 0 Å². The summed E-state index contributed by atoms with van der Waals surface area (Å²) in [6, 6.07) is 3.56. The van der Waals surface area contributed by atoms with Crippen molar-refractivity contribution in [3.63, 3.8) is 0 Å². The van der Waals surface area contributed by atoms with Gasteiger partial charge < -0.3 is 24.3 Å². The summed E-state index contributed by atoms with van der Waals surface area (Å²) in [6.45, 7) is 5.18. The average Bonchev–Trinajstić information content (AvgIpc) is 2.58. The monoisotopic (exact) mass is 337 g/mol. The van der Waals surface area contributed by atoms with Crippen molar-refractivity contribution < 1.29 is 23.7 Å². The van der Waals surface area contributed by atoms with Gasteiger partial charge in [-0.1, -0.05) is 0 Å². The second-order valence-corrected chi connectivity index (χ2v) is 5.36. The maximum Gasteiger partial charge on any atom is 0.244 e. The molecular formula is C18H27NO5. The van der Waals surface area contributed by atoms with Gasteiger partial charge in [-0.3, -0.25) is 4.79 Å². The topological polar surface area (TPSA) is 66.0 Å². The minimum absolute atomic E-state index is 0.159. The minimum atomic E-state index is -0.159. The van der Waals surface area contributed by atoms with Crippen LogP contribution in [0.5, 0.6) is 17.2 Å². The van der Waals surface area contributed by atoms with E-state index in [1.807, 2.05) is 13.8 Å². The summed E-state index contributed by atoms with van der Waals surface area (Å²) < 4.78 is 21.3. The van der Waals surface area contributed by atoms with E-state index in [1.54, 1.807) is 39.5 Å². The van der Waals surface area contributed by atoms with Gasteiger partial charge >= 0.3 is 0 Å². The fraction of sp³-hybridized carbons (Fsp3) is 0.500. The van der Waals surface area contributed by atoms with E-state index >= 15 is 0 Å². The minimum Gasteiger partial charge on any atom is -0.493 e. The van der Waals surface area contributed by atoms with Crippen LogP contribution in [0.3, 0.4) is 0 Å². The zero-order chi connectivity index (χ0) is 17.9. The summed E-state index contributed by atoms with van der Waals surface area (Å²) in [5.74, 6) is 1.45. The van der Waals surface area contributed by atoms with E-state index in [1.165, 1.54) is 6.08 Å². The largest absolute Gasteiger partial charge is 0.493 e. The molecule has 0 unspecified atom stereocenters. The first kappa shape index (κ1) is 19.8. The summed E-state index contributed by atoms with van der Waals surface area (Å²) in [7, 11) is 4.65. The zero-order valence-corrected chi connectivity index (χ0v) is 15.0. The second-order valence-electron chi connectivity index (χ2n) is 5.36. The lowest BCUT2D eigenvalue weighted by Gasteiger charge is -2.12. The molecule has 1 amide bonds. The number of hydrogen-bond donors (Lipinski definition) is 1. The molecule has 0 aliphatic heterocycles. The number of carbonyl (C=O) groups excluding carboxylic acids is 1. The molecule has 1 rings (SSSR count). The molecule has 1 N–H and O–H groups in total. The molecule has 0 saturated carbocycles. The molecular weight excluding hydrogens is 310 g/mol. The van der Waals surface area contributed by atoms with Gasteiger partial charge in [0.25, 0.3) is 0 Å². The van der Waals surface area contributed by atoms with Crippen molar-refractivity contribution in [3.8, 4) is 17.2 Å². The van der Waals surface area contributed by atoms with Crippen LogP contribution in [0.1, 0.15) is 25.8 Å². The number of methoxy groups -OCH3 is 3. The Kier molecular flexibility index (Phi) is 8.71. The normalized spacial score (nSPS) is 10.9. The molecule has 1 aromatic rings. The van der Waals surface area contributed by atoms with Gasteiger partial charge in [0.2, 0.25) is 11.7 Å². The van der Waals surface area contributed by atoms with E-state index in [0.29, 0.717) is 30.4 Å². The molecule has 0 radical (unpaired) electrons. The van der Waals surface area contributed by atoms with Crippen LogP contribution < -0.4 is 19.5 Å². The highest BCUT2D eigenvalue weighted by atomic mass is 16.5. The van der Waals surface area contributed by atoms with Gasteiger partial charge in [-0.15, -0.1) is 0 Å². The molecule has 24 heavy (non-hydrogen) atoms. The molecule has 0 aromatic heterocycles. The number of benzene rings is 1. The summed E-state index contributed by atoms with van der Waals surface area (Å²) in [5.41, 5.74) is 0.780. The van der Waals surface area contributed by atoms with Crippen molar-refractivity contribution in [2.45, 2.75) is 26.4 Å². The Hall–Kier alpha value is -2.21. The Morgan fingerprint density at radius 1 is 1.12 bits per heavy atom. The molecule has 6 nitrogen and oxygen atoms in total. The fourth-order valence-corrected chi connectivity index (χ4v) is 2.03. The Morgan fingerprint density at radius 2 is 1.75 bits per heavy atom. The van der Waals surface area contributed by atoms with Crippen LogP contribution in [0.15, 0.2) is 18.2 Å². The molecule has 0 atom stereocenters. The number of hydrogen-bond acceptors (Lipinski definition) is 5. The van der Waals surface area contributed by atoms with Crippen molar-refractivity contribution in [3.05, 3.63) is 23.8 Å². The quantitative estimate of drug-likeness (QED) is 0.525. The standard InChI is InChI=1S/C18H27NO5/c1-13(2)24-10-6-9-19-17(20)8-7-14-11-15(21-3)18(23-5)16(12-14)22-4/h7-8,11-13H,6,9-10H2,1-5H3,(H,19,20). The maximum absolute atomic E-state index is 11.8. The molecule has 0 fully saturated rings. The molecule has 0 aliphatic carbocycles. The van der Waals surface area contributed by atoms with Crippen molar-refractivity contribution >= 4 is 12.0 Å². The lowest BCUT2D eigenvalue weighted by Crippen LogP contribution is -2.23. The third-order valence-corrected chi connectivity index (χ3v) is 3.19. The van der Waals surface area contributed by atoms with Gasteiger partial charge in [0.1, 0.15) is 0 Å². The number of nitrogens with one attached hydrogen (secondary N) is 1. The predicted molar refractivity (Wildman–Crippen MR) is 93.8 cm³/mol. The van der Waals surface area contributed by atoms with E-state index in [9.17, 15) is 4.79 Å². The SMILES string of the molecule is COc1cc(C=CC(=O)NCCCOC(C)C)cc(OC)c1OC. The van der Waals surface area contributed by atoms with Gasteiger partial charge in [0, 0.05) is 19.2 Å². The van der Waals surface area contributed by atoms with Crippen LogP contribution >= 0.6 is 0 Å². The lowest BCUT2D eigenvalue weighted by molar-refractivity contribution is -0.116. The van der Waals surface area contributed by atoms with Crippen molar-refractivity contribution in [1.82, 2.24) is 5.32 Å². The number of ether oxygens (including phenoxy) is 4. The summed E-state index contributed by atoms with van der Waals surface area (Å²) in [6.07, 6.45) is 4.16. The lowest BCUT2D eigenvalue weighted by atomic mass is 10.1. The fourth-order valence-electron chi connectivity index (χ4n) is 2.03. The molecule has 134 valence electrons. The first-order chi connectivity index (χ1) is 11.5. The number of rotatable bonds is 10. The second kappa shape index (κ2) is 10.5. The van der Waals surface area contributed by atoms with Crippen LogP contribution in [-0.2, 0) is 9.53 Å². The van der Waals surface area contributed by atoms with E-state index in [2.05, 4.69) is 5.32 Å². The first-order valence-corrected chi connectivity index (χ1v) is 7.89. The summed E-state index contributed by atoms with van der Waals surface area (Å²) in [5, 5.41) is 2.81. The van der Waals surface area contributed by atoms with E-state index in [4.69, 9.17) is 18.9 Å².